The van der Waals surface area contributed by atoms with E-state index in [0.717, 1.165) is 11.0 Å². The van der Waals surface area contributed by atoms with Crippen LogP contribution in [0, 0.1) is 6.92 Å². The first kappa shape index (κ1) is 16.7. The van der Waals surface area contributed by atoms with Gasteiger partial charge in [0.1, 0.15) is 29.1 Å². The molecule has 0 bridgehead atoms. The fraction of sp³-hybridized carbons (Fsp3) is 0.294. The molecule has 2 aromatic heterocycles. The summed E-state index contributed by atoms with van der Waals surface area (Å²) in [5, 5.41) is 8.04. The highest BCUT2D eigenvalue weighted by Gasteiger charge is 2.18. The highest BCUT2D eigenvalue weighted by molar-refractivity contribution is 5.90. The first-order chi connectivity index (χ1) is 12.0. The fourth-order valence-electron chi connectivity index (χ4n) is 2.54. The van der Waals surface area contributed by atoms with Gasteiger partial charge in [0.25, 0.3) is 0 Å². The van der Waals surface area contributed by atoms with Crippen LogP contribution < -0.4 is 0 Å². The van der Waals surface area contributed by atoms with Crippen LogP contribution in [0.25, 0.3) is 11.0 Å². The summed E-state index contributed by atoms with van der Waals surface area (Å²) in [6, 6.07) is 9.04. The number of carbonyl (C=O) groups is 2. The van der Waals surface area contributed by atoms with Gasteiger partial charge in [0.2, 0.25) is 5.91 Å². The Kier molecular flexibility index (Phi) is 4.51. The SMILES string of the molecule is COC(=O)c1cc(CN(C)C(=O)Cn2nnc3ccccc32)oc1C. The topological polar surface area (TPSA) is 90.5 Å². The molecular formula is C17H18N4O4. The molecule has 0 saturated heterocycles. The Morgan fingerprint density at radius 1 is 1.32 bits per heavy atom. The second kappa shape index (κ2) is 6.76. The third-order valence-electron chi connectivity index (χ3n) is 3.90. The zero-order valence-electron chi connectivity index (χ0n) is 14.2. The molecule has 0 aliphatic heterocycles. The van der Waals surface area contributed by atoms with Crippen LogP contribution in [0.2, 0.25) is 0 Å². The molecule has 0 unspecified atom stereocenters. The molecule has 1 amide bonds. The van der Waals surface area contributed by atoms with E-state index in [1.54, 1.807) is 24.7 Å². The predicted molar refractivity (Wildman–Crippen MR) is 88.8 cm³/mol. The number of aryl methyl sites for hydroxylation is 1. The summed E-state index contributed by atoms with van der Waals surface area (Å²) in [5.41, 5.74) is 1.90. The maximum Gasteiger partial charge on any atom is 0.341 e. The number of likely N-dealkylation sites (N-methyl/N-ethyl adjacent to an activating group) is 1. The van der Waals surface area contributed by atoms with Gasteiger partial charge in [0, 0.05) is 7.05 Å². The molecular weight excluding hydrogens is 324 g/mol. The van der Waals surface area contributed by atoms with Crippen LogP contribution >= 0.6 is 0 Å². The number of hydrogen-bond acceptors (Lipinski definition) is 6. The molecule has 0 aliphatic carbocycles. The van der Waals surface area contributed by atoms with Crippen molar-refractivity contribution in [2.75, 3.05) is 14.2 Å². The lowest BCUT2D eigenvalue weighted by Crippen LogP contribution is -2.30. The van der Waals surface area contributed by atoms with Gasteiger partial charge in [0.15, 0.2) is 0 Å². The van der Waals surface area contributed by atoms with Gasteiger partial charge < -0.3 is 14.1 Å². The van der Waals surface area contributed by atoms with E-state index in [9.17, 15) is 9.59 Å². The zero-order chi connectivity index (χ0) is 18.0. The summed E-state index contributed by atoms with van der Waals surface area (Å²) in [7, 11) is 2.98. The number of benzene rings is 1. The molecule has 0 spiro atoms. The first-order valence-electron chi connectivity index (χ1n) is 7.69. The molecule has 8 heteroatoms. The van der Waals surface area contributed by atoms with Gasteiger partial charge in [-0.25, -0.2) is 9.48 Å². The van der Waals surface area contributed by atoms with Crippen molar-refractivity contribution in [2.45, 2.75) is 20.0 Å². The molecule has 130 valence electrons. The lowest BCUT2D eigenvalue weighted by atomic mass is 10.2. The number of hydrogen-bond donors (Lipinski definition) is 0. The molecule has 0 aliphatic rings. The first-order valence-corrected chi connectivity index (χ1v) is 7.69. The molecule has 3 rings (SSSR count). The smallest absolute Gasteiger partial charge is 0.341 e. The number of methoxy groups -OCH3 is 1. The standard InChI is InChI=1S/C17H18N4O4/c1-11-13(17(23)24-3)8-12(25-11)9-20(2)16(22)10-21-15-7-5-4-6-14(15)18-19-21/h4-8H,9-10H2,1-3H3. The second-order valence-electron chi connectivity index (χ2n) is 5.66. The largest absolute Gasteiger partial charge is 0.465 e. The van der Waals surface area contributed by atoms with Gasteiger partial charge in [-0.1, -0.05) is 17.3 Å². The predicted octanol–water partition coefficient (Wildman–Crippen LogP) is 1.78. The van der Waals surface area contributed by atoms with E-state index in [-0.39, 0.29) is 19.0 Å². The Labute approximate surface area is 144 Å². The number of furan rings is 1. The van der Waals surface area contributed by atoms with Gasteiger partial charge in [-0.15, -0.1) is 5.10 Å². The van der Waals surface area contributed by atoms with Crippen LogP contribution in [0.15, 0.2) is 34.7 Å². The van der Waals surface area contributed by atoms with Gasteiger partial charge in [-0.2, -0.15) is 0 Å². The summed E-state index contributed by atoms with van der Waals surface area (Å²) < 4.78 is 11.8. The van der Waals surface area contributed by atoms with Crippen molar-refractivity contribution in [2.24, 2.45) is 0 Å². The van der Waals surface area contributed by atoms with Gasteiger partial charge in [0.05, 0.1) is 19.2 Å². The van der Waals surface area contributed by atoms with Crippen LogP contribution in [0.4, 0.5) is 0 Å². The second-order valence-corrected chi connectivity index (χ2v) is 5.66. The van der Waals surface area contributed by atoms with Gasteiger partial charge in [-0.05, 0) is 25.1 Å². The van der Waals surface area contributed by atoms with E-state index < -0.39 is 5.97 Å². The molecule has 0 N–H and O–H groups in total. The Balaban J connectivity index is 1.70. The van der Waals surface area contributed by atoms with Crippen molar-refractivity contribution < 1.29 is 18.7 Å². The van der Waals surface area contributed by atoms with Crippen molar-refractivity contribution in [1.82, 2.24) is 19.9 Å². The molecule has 0 saturated carbocycles. The lowest BCUT2D eigenvalue weighted by molar-refractivity contribution is -0.131. The van der Waals surface area contributed by atoms with Gasteiger partial charge in [-0.3, -0.25) is 4.79 Å². The maximum absolute atomic E-state index is 12.4. The minimum atomic E-state index is -0.462. The van der Waals surface area contributed by atoms with Crippen LogP contribution in [0.1, 0.15) is 21.9 Å². The molecule has 2 heterocycles. The van der Waals surface area contributed by atoms with Crippen molar-refractivity contribution in [3.8, 4) is 0 Å². The number of ether oxygens (including phenoxy) is 1. The Morgan fingerprint density at radius 3 is 2.84 bits per heavy atom. The van der Waals surface area contributed by atoms with E-state index in [4.69, 9.17) is 9.15 Å². The number of aromatic nitrogens is 3. The summed E-state index contributed by atoms with van der Waals surface area (Å²) in [6.45, 7) is 1.99. The van der Waals surface area contributed by atoms with E-state index >= 15 is 0 Å². The van der Waals surface area contributed by atoms with Crippen LogP contribution in [-0.4, -0.2) is 45.9 Å². The number of para-hydroxylation sites is 1. The number of esters is 1. The molecule has 0 atom stereocenters. The van der Waals surface area contributed by atoms with Crippen molar-refractivity contribution in [3.63, 3.8) is 0 Å². The highest BCUT2D eigenvalue weighted by Crippen LogP contribution is 2.17. The van der Waals surface area contributed by atoms with Crippen LogP contribution in [-0.2, 0) is 22.6 Å². The molecule has 8 nitrogen and oxygen atoms in total. The molecule has 25 heavy (non-hydrogen) atoms. The Morgan fingerprint density at radius 2 is 2.08 bits per heavy atom. The molecule has 1 aromatic carbocycles. The fourth-order valence-corrected chi connectivity index (χ4v) is 2.54. The third kappa shape index (κ3) is 3.37. The van der Waals surface area contributed by atoms with E-state index in [1.807, 2.05) is 24.3 Å². The third-order valence-corrected chi connectivity index (χ3v) is 3.90. The quantitative estimate of drug-likeness (QED) is 0.657. The van der Waals surface area contributed by atoms with Crippen molar-refractivity contribution in [1.29, 1.82) is 0 Å². The van der Waals surface area contributed by atoms with Gasteiger partial charge >= 0.3 is 5.97 Å². The highest BCUT2D eigenvalue weighted by atomic mass is 16.5. The number of amides is 1. The monoisotopic (exact) mass is 342 g/mol. The molecule has 0 radical (unpaired) electrons. The van der Waals surface area contributed by atoms with E-state index in [2.05, 4.69) is 10.3 Å². The Hall–Kier alpha value is -3.16. The van der Waals surface area contributed by atoms with Crippen molar-refractivity contribution >= 4 is 22.9 Å². The summed E-state index contributed by atoms with van der Waals surface area (Å²) in [6.07, 6.45) is 0. The number of carbonyl (C=O) groups excluding carboxylic acids is 2. The molecule has 3 aromatic rings. The van der Waals surface area contributed by atoms with E-state index in [0.29, 0.717) is 17.1 Å². The van der Waals surface area contributed by atoms with Crippen LogP contribution in [0.5, 0.6) is 0 Å². The summed E-state index contributed by atoms with van der Waals surface area (Å²) >= 11 is 0. The number of fused-ring (bicyclic) bond motifs is 1. The maximum atomic E-state index is 12.4. The lowest BCUT2D eigenvalue weighted by Gasteiger charge is -2.15. The summed E-state index contributed by atoms with van der Waals surface area (Å²) in [4.78, 5) is 25.6. The Bertz CT molecular complexity index is 928. The average Bonchev–Trinajstić information content (AvgIpc) is 3.18. The minimum Gasteiger partial charge on any atom is -0.465 e. The van der Waals surface area contributed by atoms with E-state index in [1.165, 1.54) is 12.0 Å². The number of nitrogens with zero attached hydrogens (tertiary/aromatic N) is 4. The van der Waals surface area contributed by atoms with Crippen molar-refractivity contribution in [3.05, 3.63) is 47.4 Å². The number of rotatable bonds is 5. The van der Waals surface area contributed by atoms with Crippen LogP contribution in [0.3, 0.4) is 0 Å². The normalized spacial score (nSPS) is 10.8. The zero-order valence-corrected chi connectivity index (χ0v) is 14.2. The average molecular weight is 342 g/mol. The minimum absolute atomic E-state index is 0.0700. The summed E-state index contributed by atoms with van der Waals surface area (Å²) in [5.74, 6) is 0.363. The molecule has 0 fully saturated rings.